The van der Waals surface area contributed by atoms with Crippen molar-refractivity contribution in [2.45, 2.75) is 53.4 Å². The Kier molecular flexibility index (Phi) is 6.25. The minimum Gasteiger partial charge on any atom is -0.484 e. The normalized spacial score (nSPS) is 11.3. The number of amides is 1. The fraction of sp³-hybridized carbons (Fsp3) is 0.611. The molecule has 0 aromatic heterocycles. The Labute approximate surface area is 129 Å². The van der Waals surface area contributed by atoms with Crippen molar-refractivity contribution in [2.24, 2.45) is 0 Å². The monoisotopic (exact) mass is 291 g/mol. The molecule has 0 N–H and O–H groups in total. The van der Waals surface area contributed by atoms with Gasteiger partial charge in [0.05, 0.1) is 0 Å². The first-order valence-corrected chi connectivity index (χ1v) is 7.87. The summed E-state index contributed by atoms with van der Waals surface area (Å²) in [4.78, 5) is 13.7. The van der Waals surface area contributed by atoms with Crippen LogP contribution in [0.1, 0.15) is 52.2 Å². The molecule has 0 bridgehead atoms. The highest BCUT2D eigenvalue weighted by Gasteiger charge is 2.19. The van der Waals surface area contributed by atoms with Crippen LogP contribution in [0.2, 0.25) is 0 Å². The summed E-state index contributed by atoms with van der Waals surface area (Å²) in [5.41, 5.74) is 2.56. The Hall–Kier alpha value is -1.51. The predicted octanol–water partition coefficient (Wildman–Crippen LogP) is 3.93. The van der Waals surface area contributed by atoms with E-state index < -0.39 is 0 Å². The van der Waals surface area contributed by atoms with Gasteiger partial charge in [-0.3, -0.25) is 4.79 Å². The lowest BCUT2D eigenvalue weighted by atomic mass is 9.81. The van der Waals surface area contributed by atoms with Crippen LogP contribution in [-0.2, 0) is 10.2 Å². The third kappa shape index (κ3) is 4.48. The molecule has 3 heteroatoms. The molecule has 0 saturated carbocycles. The molecule has 1 rings (SSSR count). The van der Waals surface area contributed by atoms with Crippen LogP contribution >= 0.6 is 0 Å². The zero-order chi connectivity index (χ0) is 16.0. The summed E-state index contributed by atoms with van der Waals surface area (Å²) in [7, 11) is 0. The van der Waals surface area contributed by atoms with E-state index in [0.717, 1.165) is 30.8 Å². The number of hydrogen-bond acceptors (Lipinski definition) is 2. The molecule has 0 heterocycles. The molecular weight excluding hydrogens is 262 g/mol. The maximum atomic E-state index is 12.0. The van der Waals surface area contributed by atoms with Gasteiger partial charge in [0, 0.05) is 13.1 Å². The van der Waals surface area contributed by atoms with Crippen LogP contribution in [0.25, 0.3) is 0 Å². The number of hydrogen-bond donors (Lipinski definition) is 0. The largest absolute Gasteiger partial charge is 0.484 e. The SMILES string of the molecule is CCN(CC)C(=O)COc1ccc(C(C)(C)CC)cc1C. The van der Waals surface area contributed by atoms with Crippen molar-refractivity contribution in [3.63, 3.8) is 0 Å². The summed E-state index contributed by atoms with van der Waals surface area (Å²) in [6.07, 6.45) is 1.09. The minimum absolute atomic E-state index is 0.0392. The van der Waals surface area contributed by atoms with Crippen LogP contribution < -0.4 is 4.74 Å². The number of aryl methyl sites for hydroxylation is 1. The van der Waals surface area contributed by atoms with Crippen LogP contribution in [0, 0.1) is 6.92 Å². The van der Waals surface area contributed by atoms with E-state index in [2.05, 4.69) is 32.9 Å². The average Bonchev–Trinajstić information content (AvgIpc) is 2.47. The summed E-state index contributed by atoms with van der Waals surface area (Å²) in [5.74, 6) is 0.837. The Morgan fingerprint density at radius 1 is 1.19 bits per heavy atom. The summed E-state index contributed by atoms with van der Waals surface area (Å²) < 4.78 is 5.69. The Bertz CT molecular complexity index is 476. The molecule has 0 unspecified atom stereocenters. The Balaban J connectivity index is 2.76. The summed E-state index contributed by atoms with van der Waals surface area (Å²) in [6, 6.07) is 6.26. The third-order valence-corrected chi connectivity index (χ3v) is 4.31. The second-order valence-corrected chi connectivity index (χ2v) is 6.07. The molecule has 0 aliphatic rings. The molecule has 1 aromatic rings. The Morgan fingerprint density at radius 2 is 1.81 bits per heavy atom. The fourth-order valence-corrected chi connectivity index (χ4v) is 2.24. The van der Waals surface area contributed by atoms with E-state index >= 15 is 0 Å². The van der Waals surface area contributed by atoms with E-state index in [-0.39, 0.29) is 17.9 Å². The summed E-state index contributed by atoms with van der Waals surface area (Å²) >= 11 is 0. The highest BCUT2D eigenvalue weighted by atomic mass is 16.5. The topological polar surface area (TPSA) is 29.5 Å². The van der Waals surface area contributed by atoms with Gasteiger partial charge < -0.3 is 9.64 Å². The molecule has 0 aliphatic heterocycles. The Morgan fingerprint density at radius 3 is 2.29 bits per heavy atom. The molecule has 118 valence electrons. The van der Waals surface area contributed by atoms with Crippen molar-refractivity contribution in [1.82, 2.24) is 4.90 Å². The van der Waals surface area contributed by atoms with Crippen molar-refractivity contribution in [1.29, 1.82) is 0 Å². The fourth-order valence-electron chi connectivity index (χ4n) is 2.24. The zero-order valence-corrected chi connectivity index (χ0v) is 14.3. The molecule has 1 aromatic carbocycles. The predicted molar refractivity (Wildman–Crippen MR) is 87.9 cm³/mol. The number of carbonyl (C=O) groups excluding carboxylic acids is 1. The average molecular weight is 291 g/mol. The first-order chi connectivity index (χ1) is 9.85. The molecule has 0 spiro atoms. The zero-order valence-electron chi connectivity index (χ0n) is 14.3. The number of likely N-dealkylation sites (N-methyl/N-ethyl adjacent to an activating group) is 1. The van der Waals surface area contributed by atoms with Crippen LogP contribution in [-0.4, -0.2) is 30.5 Å². The van der Waals surface area contributed by atoms with Gasteiger partial charge in [0.25, 0.3) is 5.91 Å². The number of nitrogens with zero attached hydrogens (tertiary/aromatic N) is 1. The molecule has 0 radical (unpaired) electrons. The van der Waals surface area contributed by atoms with E-state index in [1.165, 1.54) is 5.56 Å². The van der Waals surface area contributed by atoms with E-state index in [4.69, 9.17) is 4.74 Å². The second kappa shape index (κ2) is 7.48. The van der Waals surface area contributed by atoms with Crippen LogP contribution in [0.15, 0.2) is 18.2 Å². The van der Waals surface area contributed by atoms with Gasteiger partial charge in [-0.15, -0.1) is 0 Å². The van der Waals surface area contributed by atoms with Gasteiger partial charge >= 0.3 is 0 Å². The molecule has 0 atom stereocenters. The number of benzene rings is 1. The molecule has 0 saturated heterocycles. The van der Waals surface area contributed by atoms with Gasteiger partial charge in [0.1, 0.15) is 5.75 Å². The van der Waals surface area contributed by atoms with Crippen molar-refractivity contribution < 1.29 is 9.53 Å². The van der Waals surface area contributed by atoms with Gasteiger partial charge in [-0.05, 0) is 49.8 Å². The second-order valence-electron chi connectivity index (χ2n) is 6.07. The smallest absolute Gasteiger partial charge is 0.260 e. The molecule has 3 nitrogen and oxygen atoms in total. The quantitative estimate of drug-likeness (QED) is 0.762. The first-order valence-electron chi connectivity index (χ1n) is 7.87. The lowest BCUT2D eigenvalue weighted by Gasteiger charge is -2.24. The van der Waals surface area contributed by atoms with Gasteiger partial charge in [0.15, 0.2) is 6.61 Å². The maximum Gasteiger partial charge on any atom is 0.260 e. The first kappa shape index (κ1) is 17.5. The van der Waals surface area contributed by atoms with Crippen molar-refractivity contribution in [2.75, 3.05) is 19.7 Å². The van der Waals surface area contributed by atoms with E-state index in [0.29, 0.717) is 0 Å². The highest BCUT2D eigenvalue weighted by Crippen LogP contribution is 2.30. The van der Waals surface area contributed by atoms with Crippen molar-refractivity contribution in [3.8, 4) is 5.75 Å². The van der Waals surface area contributed by atoms with Crippen LogP contribution in [0.4, 0.5) is 0 Å². The summed E-state index contributed by atoms with van der Waals surface area (Å²) in [6.45, 7) is 14.2. The van der Waals surface area contributed by atoms with E-state index in [1.54, 1.807) is 4.90 Å². The molecule has 21 heavy (non-hydrogen) atoms. The van der Waals surface area contributed by atoms with Crippen molar-refractivity contribution >= 4 is 5.91 Å². The lowest BCUT2D eigenvalue weighted by Crippen LogP contribution is -2.34. The highest BCUT2D eigenvalue weighted by molar-refractivity contribution is 5.77. The van der Waals surface area contributed by atoms with E-state index in [9.17, 15) is 4.79 Å². The summed E-state index contributed by atoms with van der Waals surface area (Å²) in [5, 5.41) is 0. The number of carbonyl (C=O) groups is 1. The van der Waals surface area contributed by atoms with Crippen molar-refractivity contribution in [3.05, 3.63) is 29.3 Å². The van der Waals surface area contributed by atoms with Gasteiger partial charge in [0.2, 0.25) is 0 Å². The van der Waals surface area contributed by atoms with Gasteiger partial charge in [-0.25, -0.2) is 0 Å². The van der Waals surface area contributed by atoms with Gasteiger partial charge in [-0.1, -0.05) is 32.9 Å². The molecule has 0 aliphatic carbocycles. The molecular formula is C18H29NO2. The maximum absolute atomic E-state index is 12.0. The van der Waals surface area contributed by atoms with Crippen LogP contribution in [0.5, 0.6) is 5.75 Å². The standard InChI is InChI=1S/C18H29NO2/c1-7-18(5,6)15-10-11-16(14(4)12-15)21-13-17(20)19(8-2)9-3/h10-12H,7-9,13H2,1-6H3. The van der Waals surface area contributed by atoms with E-state index in [1.807, 2.05) is 26.8 Å². The minimum atomic E-state index is 0.0392. The number of ether oxygens (including phenoxy) is 1. The van der Waals surface area contributed by atoms with Crippen LogP contribution in [0.3, 0.4) is 0 Å². The third-order valence-electron chi connectivity index (χ3n) is 4.31. The molecule has 0 fully saturated rings. The molecule has 1 amide bonds. The van der Waals surface area contributed by atoms with Gasteiger partial charge in [-0.2, -0.15) is 0 Å². The number of rotatable bonds is 7. The lowest BCUT2D eigenvalue weighted by molar-refractivity contribution is -0.132.